The van der Waals surface area contributed by atoms with Crippen LogP contribution in [0.4, 0.5) is 0 Å². The predicted molar refractivity (Wildman–Crippen MR) is 61.3 cm³/mol. The third-order valence-corrected chi connectivity index (χ3v) is 2.38. The summed E-state index contributed by atoms with van der Waals surface area (Å²) in [4.78, 5) is 14.4. The number of carbonyl (C=O) groups is 1. The van der Waals surface area contributed by atoms with Crippen molar-refractivity contribution in [1.82, 2.24) is 9.55 Å². The van der Waals surface area contributed by atoms with Crippen LogP contribution in [0.5, 0.6) is 5.75 Å². The molecule has 0 aliphatic carbocycles. The van der Waals surface area contributed by atoms with Crippen LogP contribution < -0.4 is 4.74 Å². The van der Waals surface area contributed by atoms with Crippen LogP contribution in [-0.4, -0.2) is 27.7 Å². The minimum atomic E-state index is -1.02. The zero-order valence-electron chi connectivity index (χ0n) is 9.33. The summed E-state index contributed by atoms with van der Waals surface area (Å²) < 4.78 is 6.79. The van der Waals surface area contributed by atoms with Gasteiger partial charge in [0.15, 0.2) is 5.69 Å². The van der Waals surface area contributed by atoms with Crippen LogP contribution in [0.3, 0.4) is 0 Å². The van der Waals surface area contributed by atoms with Crippen LogP contribution in [-0.2, 0) is 6.54 Å². The van der Waals surface area contributed by atoms with Crippen molar-refractivity contribution in [2.75, 3.05) is 7.11 Å². The summed E-state index contributed by atoms with van der Waals surface area (Å²) in [6.45, 7) is 0.588. The quantitative estimate of drug-likeness (QED) is 0.870. The van der Waals surface area contributed by atoms with Gasteiger partial charge in [0.25, 0.3) is 0 Å². The molecule has 0 spiro atoms. The third-order valence-electron chi connectivity index (χ3n) is 2.38. The standard InChI is InChI=1S/C12H12N2O3/c1-17-10-4-2-9(3-5-10)6-14-7-11(12(15)16)13-8-14/h2-5,7-8H,6H2,1H3,(H,15,16). The maximum absolute atomic E-state index is 10.7. The first-order valence-electron chi connectivity index (χ1n) is 5.07. The lowest BCUT2D eigenvalue weighted by Gasteiger charge is -2.03. The summed E-state index contributed by atoms with van der Waals surface area (Å²) in [5.41, 5.74) is 1.11. The van der Waals surface area contributed by atoms with E-state index in [1.807, 2.05) is 24.3 Å². The molecule has 0 bridgehead atoms. The molecule has 0 amide bonds. The SMILES string of the molecule is COc1ccc(Cn2cnc(C(=O)O)c2)cc1. The normalized spacial score (nSPS) is 10.2. The van der Waals surface area contributed by atoms with Crippen molar-refractivity contribution in [3.8, 4) is 5.75 Å². The van der Waals surface area contributed by atoms with E-state index in [0.29, 0.717) is 6.54 Å². The van der Waals surface area contributed by atoms with Crippen molar-refractivity contribution < 1.29 is 14.6 Å². The second-order valence-electron chi connectivity index (χ2n) is 3.58. The van der Waals surface area contributed by atoms with Gasteiger partial charge in [0.2, 0.25) is 0 Å². The zero-order valence-corrected chi connectivity index (χ0v) is 9.33. The number of methoxy groups -OCH3 is 1. The summed E-state index contributed by atoms with van der Waals surface area (Å²) in [6.07, 6.45) is 3.01. The predicted octanol–water partition coefficient (Wildman–Crippen LogP) is 1.64. The third kappa shape index (κ3) is 2.63. The van der Waals surface area contributed by atoms with Crippen molar-refractivity contribution in [3.05, 3.63) is 48.0 Å². The average Bonchev–Trinajstić information content (AvgIpc) is 2.79. The molecule has 1 aromatic carbocycles. The summed E-state index contributed by atoms with van der Waals surface area (Å²) >= 11 is 0. The first kappa shape index (κ1) is 11.2. The van der Waals surface area contributed by atoms with Crippen molar-refractivity contribution in [2.45, 2.75) is 6.54 Å². The molecule has 1 heterocycles. The number of hydrogen-bond acceptors (Lipinski definition) is 3. The molecule has 2 rings (SSSR count). The summed E-state index contributed by atoms with van der Waals surface area (Å²) in [7, 11) is 1.62. The largest absolute Gasteiger partial charge is 0.497 e. The van der Waals surface area contributed by atoms with Gasteiger partial charge in [-0.05, 0) is 17.7 Å². The van der Waals surface area contributed by atoms with Crippen molar-refractivity contribution in [3.63, 3.8) is 0 Å². The van der Waals surface area contributed by atoms with Crippen molar-refractivity contribution >= 4 is 5.97 Å². The maximum atomic E-state index is 10.7. The van der Waals surface area contributed by atoms with E-state index in [-0.39, 0.29) is 5.69 Å². The van der Waals surface area contributed by atoms with Crippen LogP contribution in [0.1, 0.15) is 16.1 Å². The summed E-state index contributed by atoms with van der Waals surface area (Å²) in [6, 6.07) is 7.59. The maximum Gasteiger partial charge on any atom is 0.356 e. The number of imidazole rings is 1. The number of aromatic carboxylic acids is 1. The molecule has 5 nitrogen and oxygen atoms in total. The lowest BCUT2D eigenvalue weighted by Crippen LogP contribution is -1.98. The minimum Gasteiger partial charge on any atom is -0.497 e. The molecule has 88 valence electrons. The minimum absolute atomic E-state index is 0.0542. The van der Waals surface area contributed by atoms with Crippen molar-refractivity contribution in [2.24, 2.45) is 0 Å². The van der Waals surface area contributed by atoms with E-state index in [0.717, 1.165) is 11.3 Å². The highest BCUT2D eigenvalue weighted by Gasteiger charge is 2.06. The van der Waals surface area contributed by atoms with E-state index in [2.05, 4.69) is 4.98 Å². The molecule has 0 aliphatic heterocycles. The molecular weight excluding hydrogens is 220 g/mol. The smallest absolute Gasteiger partial charge is 0.356 e. The van der Waals surface area contributed by atoms with Crippen molar-refractivity contribution in [1.29, 1.82) is 0 Å². The first-order valence-corrected chi connectivity index (χ1v) is 5.07. The van der Waals surface area contributed by atoms with Gasteiger partial charge in [0.05, 0.1) is 13.4 Å². The van der Waals surface area contributed by atoms with Gasteiger partial charge in [-0.25, -0.2) is 9.78 Å². The number of aromatic nitrogens is 2. The fourth-order valence-corrected chi connectivity index (χ4v) is 1.50. The molecule has 1 N–H and O–H groups in total. The van der Waals surface area contributed by atoms with Gasteiger partial charge in [-0.15, -0.1) is 0 Å². The Kier molecular flexibility index (Phi) is 3.09. The van der Waals surface area contributed by atoms with Crippen LogP contribution >= 0.6 is 0 Å². The molecule has 17 heavy (non-hydrogen) atoms. The molecule has 0 radical (unpaired) electrons. The van der Waals surface area contributed by atoms with E-state index < -0.39 is 5.97 Å². The first-order chi connectivity index (χ1) is 8.19. The molecule has 0 saturated carbocycles. The molecular formula is C12H12N2O3. The van der Waals surface area contributed by atoms with Crippen LogP contribution in [0.2, 0.25) is 0 Å². The summed E-state index contributed by atoms with van der Waals surface area (Å²) in [5, 5.41) is 8.74. The Morgan fingerprint density at radius 2 is 2.12 bits per heavy atom. The van der Waals surface area contributed by atoms with Gasteiger partial charge in [0.1, 0.15) is 5.75 Å². The molecule has 0 atom stereocenters. The molecule has 0 unspecified atom stereocenters. The Bertz CT molecular complexity index is 517. The number of benzene rings is 1. The highest BCUT2D eigenvalue weighted by molar-refractivity contribution is 5.84. The van der Waals surface area contributed by atoms with Gasteiger partial charge in [-0.2, -0.15) is 0 Å². The Labute approximate surface area is 98.3 Å². The van der Waals surface area contributed by atoms with E-state index in [1.54, 1.807) is 11.7 Å². The van der Waals surface area contributed by atoms with Crippen LogP contribution in [0.25, 0.3) is 0 Å². The topological polar surface area (TPSA) is 64.4 Å². The fourth-order valence-electron chi connectivity index (χ4n) is 1.50. The van der Waals surface area contributed by atoms with E-state index in [1.165, 1.54) is 12.5 Å². The molecule has 5 heteroatoms. The molecule has 0 saturated heterocycles. The van der Waals surface area contributed by atoms with E-state index in [4.69, 9.17) is 9.84 Å². The van der Waals surface area contributed by atoms with Gasteiger partial charge in [0, 0.05) is 12.7 Å². The second kappa shape index (κ2) is 4.69. The van der Waals surface area contributed by atoms with Crippen LogP contribution in [0, 0.1) is 0 Å². The average molecular weight is 232 g/mol. The monoisotopic (exact) mass is 232 g/mol. The van der Waals surface area contributed by atoms with Gasteiger partial charge in [-0.1, -0.05) is 12.1 Å². The van der Waals surface area contributed by atoms with Gasteiger partial charge in [-0.3, -0.25) is 0 Å². The number of ether oxygens (including phenoxy) is 1. The molecule has 0 aliphatic rings. The number of hydrogen-bond donors (Lipinski definition) is 1. The van der Waals surface area contributed by atoms with Crippen LogP contribution in [0.15, 0.2) is 36.8 Å². The molecule has 1 aromatic heterocycles. The molecule has 2 aromatic rings. The zero-order chi connectivity index (χ0) is 12.3. The lowest BCUT2D eigenvalue weighted by molar-refractivity contribution is 0.0691. The van der Waals surface area contributed by atoms with E-state index >= 15 is 0 Å². The summed E-state index contributed by atoms with van der Waals surface area (Å²) in [5.74, 6) is -0.218. The number of nitrogens with zero attached hydrogens (tertiary/aromatic N) is 2. The second-order valence-corrected chi connectivity index (χ2v) is 3.58. The Balaban J connectivity index is 2.11. The molecule has 0 fully saturated rings. The number of carboxylic acids is 1. The Morgan fingerprint density at radius 3 is 2.65 bits per heavy atom. The number of rotatable bonds is 4. The Morgan fingerprint density at radius 1 is 1.41 bits per heavy atom. The Hall–Kier alpha value is -2.30. The van der Waals surface area contributed by atoms with Gasteiger partial charge < -0.3 is 14.4 Å². The van der Waals surface area contributed by atoms with E-state index in [9.17, 15) is 4.79 Å². The highest BCUT2D eigenvalue weighted by Crippen LogP contribution is 2.12. The number of carboxylic acid groups (broad SMARTS) is 1. The lowest BCUT2D eigenvalue weighted by atomic mass is 10.2. The fraction of sp³-hybridized carbons (Fsp3) is 0.167. The highest BCUT2D eigenvalue weighted by atomic mass is 16.5. The van der Waals surface area contributed by atoms with Gasteiger partial charge >= 0.3 is 5.97 Å².